The number of hydrogen-bond donors (Lipinski definition) is 0. The SMILES string of the molecule is O=CC1c2ccccc2SN1c1ccc(Cl)cc1. The standard InChI is InChI=1S/C14H10ClNOS/c15-10-5-7-11(8-6-10)16-13(9-17)12-3-1-2-4-14(12)18-16/h1-9,13H. The van der Waals surface area contributed by atoms with Gasteiger partial charge in [-0.1, -0.05) is 29.8 Å². The quantitative estimate of drug-likeness (QED) is 0.608. The van der Waals surface area contributed by atoms with Crippen LogP contribution in [0.25, 0.3) is 0 Å². The topological polar surface area (TPSA) is 20.3 Å². The summed E-state index contributed by atoms with van der Waals surface area (Å²) in [6.45, 7) is 0. The van der Waals surface area contributed by atoms with Gasteiger partial charge in [-0.2, -0.15) is 0 Å². The molecule has 0 aliphatic carbocycles. The summed E-state index contributed by atoms with van der Waals surface area (Å²) in [5, 5.41) is 0.697. The van der Waals surface area contributed by atoms with Gasteiger partial charge in [-0.3, -0.25) is 4.31 Å². The summed E-state index contributed by atoms with van der Waals surface area (Å²) in [6, 6.07) is 15.3. The first-order valence-electron chi connectivity index (χ1n) is 5.56. The van der Waals surface area contributed by atoms with Crippen LogP contribution in [0, 0.1) is 0 Å². The molecule has 1 heterocycles. The molecule has 18 heavy (non-hydrogen) atoms. The van der Waals surface area contributed by atoms with E-state index in [9.17, 15) is 4.79 Å². The molecule has 0 N–H and O–H groups in total. The highest BCUT2D eigenvalue weighted by Gasteiger charge is 2.30. The van der Waals surface area contributed by atoms with E-state index >= 15 is 0 Å². The molecule has 90 valence electrons. The van der Waals surface area contributed by atoms with E-state index in [0.29, 0.717) is 5.02 Å². The minimum absolute atomic E-state index is 0.229. The predicted octanol–water partition coefficient (Wildman–Crippen LogP) is 4.11. The number of halogens is 1. The average Bonchev–Trinajstić information content (AvgIpc) is 2.78. The number of aldehydes is 1. The van der Waals surface area contributed by atoms with Crippen LogP contribution >= 0.6 is 23.5 Å². The Balaban J connectivity index is 2.00. The molecule has 2 nitrogen and oxygen atoms in total. The molecule has 0 amide bonds. The minimum atomic E-state index is -0.229. The second-order valence-electron chi connectivity index (χ2n) is 4.01. The van der Waals surface area contributed by atoms with Gasteiger partial charge in [-0.25, -0.2) is 0 Å². The third-order valence-corrected chi connectivity index (χ3v) is 4.35. The molecule has 0 aromatic heterocycles. The van der Waals surface area contributed by atoms with Crippen molar-refractivity contribution >= 4 is 35.5 Å². The second kappa shape index (κ2) is 4.67. The lowest BCUT2D eigenvalue weighted by Crippen LogP contribution is -2.17. The summed E-state index contributed by atoms with van der Waals surface area (Å²) in [5.74, 6) is 0. The average molecular weight is 276 g/mol. The highest BCUT2D eigenvalue weighted by molar-refractivity contribution is 8.01. The van der Waals surface area contributed by atoms with Crippen LogP contribution < -0.4 is 4.31 Å². The van der Waals surface area contributed by atoms with Gasteiger partial charge in [-0.15, -0.1) is 0 Å². The molecule has 1 atom stereocenters. The van der Waals surface area contributed by atoms with Crippen LogP contribution in [0.2, 0.25) is 5.02 Å². The first-order valence-corrected chi connectivity index (χ1v) is 6.72. The van der Waals surface area contributed by atoms with Gasteiger partial charge in [0.2, 0.25) is 0 Å². The number of rotatable bonds is 2. The Morgan fingerprint density at radius 2 is 1.83 bits per heavy atom. The van der Waals surface area contributed by atoms with Crippen molar-refractivity contribution in [3.05, 3.63) is 59.1 Å². The van der Waals surface area contributed by atoms with Crippen LogP contribution in [0.3, 0.4) is 0 Å². The van der Waals surface area contributed by atoms with E-state index in [1.54, 1.807) is 11.9 Å². The summed E-state index contributed by atoms with van der Waals surface area (Å²) < 4.78 is 2.01. The van der Waals surface area contributed by atoms with Crippen molar-refractivity contribution in [2.24, 2.45) is 0 Å². The maximum atomic E-state index is 11.3. The maximum absolute atomic E-state index is 11.3. The van der Waals surface area contributed by atoms with Gasteiger partial charge in [-0.05, 0) is 47.8 Å². The Morgan fingerprint density at radius 3 is 2.56 bits per heavy atom. The first kappa shape index (κ1) is 11.6. The van der Waals surface area contributed by atoms with Crippen LogP contribution in [0.15, 0.2) is 53.4 Å². The molecule has 0 bridgehead atoms. The van der Waals surface area contributed by atoms with Crippen molar-refractivity contribution in [2.75, 3.05) is 4.31 Å². The molecule has 0 fully saturated rings. The fourth-order valence-electron chi connectivity index (χ4n) is 2.03. The van der Waals surface area contributed by atoms with E-state index in [2.05, 4.69) is 0 Å². The van der Waals surface area contributed by atoms with Crippen LogP contribution in [-0.4, -0.2) is 6.29 Å². The van der Waals surface area contributed by atoms with E-state index in [4.69, 9.17) is 11.6 Å². The normalized spacial score (nSPS) is 17.6. The van der Waals surface area contributed by atoms with E-state index in [1.807, 2.05) is 52.8 Å². The van der Waals surface area contributed by atoms with Crippen LogP contribution in [0.1, 0.15) is 11.6 Å². The third kappa shape index (κ3) is 1.89. The van der Waals surface area contributed by atoms with E-state index in [-0.39, 0.29) is 6.04 Å². The first-order chi connectivity index (χ1) is 8.79. The molecule has 1 unspecified atom stereocenters. The highest BCUT2D eigenvalue weighted by Crippen LogP contribution is 2.45. The zero-order valence-electron chi connectivity index (χ0n) is 9.42. The van der Waals surface area contributed by atoms with E-state index < -0.39 is 0 Å². The fraction of sp³-hybridized carbons (Fsp3) is 0.0714. The summed E-state index contributed by atoms with van der Waals surface area (Å²) in [6.07, 6.45) is 0.980. The molecule has 0 radical (unpaired) electrons. The molecule has 2 aromatic carbocycles. The Bertz CT molecular complexity index is 585. The third-order valence-electron chi connectivity index (χ3n) is 2.90. The molecular weight excluding hydrogens is 266 g/mol. The van der Waals surface area contributed by atoms with Crippen molar-refractivity contribution in [1.82, 2.24) is 0 Å². The molecule has 3 rings (SSSR count). The van der Waals surface area contributed by atoms with Crippen molar-refractivity contribution < 1.29 is 4.79 Å². The van der Waals surface area contributed by atoms with Crippen LogP contribution in [0.5, 0.6) is 0 Å². The predicted molar refractivity (Wildman–Crippen MR) is 75.0 cm³/mol. The maximum Gasteiger partial charge on any atom is 0.148 e. The number of carbonyl (C=O) groups is 1. The van der Waals surface area contributed by atoms with Crippen molar-refractivity contribution in [2.45, 2.75) is 10.9 Å². The summed E-state index contributed by atoms with van der Waals surface area (Å²) in [5.41, 5.74) is 2.05. The van der Waals surface area contributed by atoms with Gasteiger partial charge in [0.15, 0.2) is 0 Å². The smallest absolute Gasteiger partial charge is 0.148 e. The number of hydrogen-bond acceptors (Lipinski definition) is 3. The van der Waals surface area contributed by atoms with Gasteiger partial charge in [0, 0.05) is 15.6 Å². The Hall–Kier alpha value is -1.45. The molecule has 1 aliphatic heterocycles. The van der Waals surface area contributed by atoms with Crippen molar-refractivity contribution in [3.63, 3.8) is 0 Å². The van der Waals surface area contributed by atoms with Gasteiger partial charge >= 0.3 is 0 Å². The molecule has 2 aromatic rings. The van der Waals surface area contributed by atoms with E-state index in [0.717, 1.165) is 22.4 Å². The molecule has 4 heteroatoms. The Morgan fingerprint density at radius 1 is 1.11 bits per heavy atom. The highest BCUT2D eigenvalue weighted by atomic mass is 35.5. The van der Waals surface area contributed by atoms with Gasteiger partial charge in [0.25, 0.3) is 0 Å². The van der Waals surface area contributed by atoms with Crippen LogP contribution in [0.4, 0.5) is 5.69 Å². The molecule has 1 aliphatic rings. The second-order valence-corrected chi connectivity index (χ2v) is 5.46. The summed E-state index contributed by atoms with van der Waals surface area (Å²) in [7, 11) is 0. The Labute approximate surface area is 115 Å². The largest absolute Gasteiger partial charge is 0.301 e. The lowest BCUT2D eigenvalue weighted by atomic mass is 10.1. The van der Waals surface area contributed by atoms with Gasteiger partial charge in [0.1, 0.15) is 12.3 Å². The number of carbonyl (C=O) groups excluding carboxylic acids is 1. The van der Waals surface area contributed by atoms with Gasteiger partial charge in [0.05, 0.1) is 0 Å². The number of benzene rings is 2. The molecular formula is C14H10ClNOS. The van der Waals surface area contributed by atoms with Crippen LogP contribution in [-0.2, 0) is 4.79 Å². The molecule has 0 saturated heterocycles. The van der Waals surface area contributed by atoms with E-state index in [1.165, 1.54) is 0 Å². The fourth-order valence-corrected chi connectivity index (χ4v) is 3.30. The summed E-state index contributed by atoms with van der Waals surface area (Å²) >= 11 is 7.47. The zero-order chi connectivity index (χ0) is 12.5. The Kier molecular flexibility index (Phi) is 3.02. The van der Waals surface area contributed by atoms with Crippen molar-refractivity contribution in [3.8, 4) is 0 Å². The summed E-state index contributed by atoms with van der Waals surface area (Å²) in [4.78, 5) is 12.5. The molecule has 0 spiro atoms. The minimum Gasteiger partial charge on any atom is -0.301 e. The number of nitrogens with zero attached hydrogens (tertiary/aromatic N) is 1. The van der Waals surface area contributed by atoms with Crippen molar-refractivity contribution in [1.29, 1.82) is 0 Å². The molecule has 0 saturated carbocycles. The number of anilines is 1. The lowest BCUT2D eigenvalue weighted by molar-refractivity contribution is -0.108. The van der Waals surface area contributed by atoms with Gasteiger partial charge < -0.3 is 4.79 Å². The number of fused-ring (bicyclic) bond motifs is 1. The zero-order valence-corrected chi connectivity index (χ0v) is 11.0. The lowest BCUT2D eigenvalue weighted by Gasteiger charge is -2.21. The monoisotopic (exact) mass is 275 g/mol.